The van der Waals surface area contributed by atoms with Gasteiger partial charge in [0.1, 0.15) is 0 Å². The van der Waals surface area contributed by atoms with E-state index in [4.69, 9.17) is 35.4 Å². The molecule has 2 nitrogen and oxygen atoms in total. The van der Waals surface area contributed by atoms with Crippen molar-refractivity contribution >= 4 is 46.2 Å². The summed E-state index contributed by atoms with van der Waals surface area (Å²) in [4.78, 5) is 0. The van der Waals surface area contributed by atoms with E-state index < -0.39 is 11.7 Å². The van der Waals surface area contributed by atoms with Gasteiger partial charge in [-0.3, -0.25) is 0 Å². The third kappa shape index (κ3) is 5.27. The molecule has 2 aromatic carbocycles. The predicted molar refractivity (Wildman–Crippen MR) is 91.0 cm³/mol. The molecular weight excluding hydrogens is 368 g/mol. The fourth-order valence-electron chi connectivity index (χ4n) is 1.79. The second-order valence-electron chi connectivity index (χ2n) is 4.62. The molecule has 0 atom stereocenters. The van der Waals surface area contributed by atoms with Crippen LogP contribution in [-0.2, 0) is 12.7 Å². The van der Waals surface area contributed by atoms with Crippen LogP contribution in [0.2, 0.25) is 10.0 Å². The van der Waals surface area contributed by atoms with E-state index in [2.05, 4.69) is 10.6 Å². The van der Waals surface area contributed by atoms with Crippen LogP contribution in [0.3, 0.4) is 0 Å². The number of hydrogen-bond acceptors (Lipinski definition) is 1. The van der Waals surface area contributed by atoms with Crippen molar-refractivity contribution in [3.05, 3.63) is 63.6 Å². The van der Waals surface area contributed by atoms with Crippen LogP contribution in [0.4, 0.5) is 18.9 Å². The number of nitrogens with one attached hydrogen (secondary N) is 2. The minimum atomic E-state index is -4.40. The highest BCUT2D eigenvalue weighted by Crippen LogP contribution is 2.30. The minimum Gasteiger partial charge on any atom is -0.358 e. The molecule has 8 heteroatoms. The molecule has 122 valence electrons. The molecule has 0 amide bonds. The van der Waals surface area contributed by atoms with Crippen molar-refractivity contribution in [3.8, 4) is 0 Å². The monoisotopic (exact) mass is 378 g/mol. The number of hydrogen-bond donors (Lipinski definition) is 2. The highest BCUT2D eigenvalue weighted by atomic mass is 35.5. The van der Waals surface area contributed by atoms with Crippen molar-refractivity contribution in [1.29, 1.82) is 0 Å². The summed E-state index contributed by atoms with van der Waals surface area (Å²) in [7, 11) is 0. The van der Waals surface area contributed by atoms with Gasteiger partial charge in [-0.2, -0.15) is 13.2 Å². The van der Waals surface area contributed by atoms with Crippen LogP contribution in [0.25, 0.3) is 0 Å². The topological polar surface area (TPSA) is 24.1 Å². The molecule has 2 rings (SSSR count). The van der Waals surface area contributed by atoms with E-state index >= 15 is 0 Å². The molecule has 2 N–H and O–H groups in total. The first-order valence-corrected chi connectivity index (χ1v) is 7.58. The molecule has 0 saturated heterocycles. The van der Waals surface area contributed by atoms with Crippen LogP contribution in [-0.4, -0.2) is 5.11 Å². The molecule has 0 spiro atoms. The molecule has 0 unspecified atom stereocenters. The number of alkyl halides is 3. The lowest BCUT2D eigenvalue weighted by Gasteiger charge is -2.13. The van der Waals surface area contributed by atoms with Gasteiger partial charge >= 0.3 is 6.18 Å². The number of halogens is 5. The maximum atomic E-state index is 12.7. The molecule has 0 radical (unpaired) electrons. The Kier molecular flexibility index (Phi) is 5.73. The molecule has 0 heterocycles. The Morgan fingerprint density at radius 1 is 1.09 bits per heavy atom. The lowest BCUT2D eigenvalue weighted by molar-refractivity contribution is -0.137. The van der Waals surface area contributed by atoms with Gasteiger partial charge in [0.15, 0.2) is 5.11 Å². The van der Waals surface area contributed by atoms with Crippen molar-refractivity contribution in [1.82, 2.24) is 5.32 Å². The first-order chi connectivity index (χ1) is 10.8. The molecule has 2 aromatic rings. The van der Waals surface area contributed by atoms with Crippen molar-refractivity contribution in [2.75, 3.05) is 5.32 Å². The zero-order valence-corrected chi connectivity index (χ0v) is 13.9. The van der Waals surface area contributed by atoms with E-state index in [-0.39, 0.29) is 10.8 Å². The van der Waals surface area contributed by atoms with Gasteiger partial charge in [-0.05, 0) is 48.1 Å². The Morgan fingerprint density at radius 2 is 1.83 bits per heavy atom. The molecule has 0 aliphatic rings. The van der Waals surface area contributed by atoms with Crippen LogP contribution in [0, 0.1) is 0 Å². The van der Waals surface area contributed by atoms with Crippen LogP contribution < -0.4 is 10.6 Å². The fourth-order valence-corrected chi connectivity index (χ4v) is 2.45. The molecule has 0 aromatic heterocycles. The highest BCUT2D eigenvalue weighted by Gasteiger charge is 2.30. The van der Waals surface area contributed by atoms with Gasteiger partial charge in [0.25, 0.3) is 0 Å². The second-order valence-corrected chi connectivity index (χ2v) is 5.87. The summed E-state index contributed by atoms with van der Waals surface area (Å²) in [6, 6.07) is 9.82. The standard InChI is InChI=1S/C15H11Cl2F3N2S/c16-11-5-4-9(13(17)7-11)8-21-14(23)22-12-3-1-2-10(6-12)15(18,19)20/h1-7H,8H2,(H2,21,22,23). The Balaban J connectivity index is 1.97. The van der Waals surface area contributed by atoms with Gasteiger partial charge in [-0.15, -0.1) is 0 Å². The van der Waals surface area contributed by atoms with Gasteiger partial charge in [-0.25, -0.2) is 0 Å². The highest BCUT2D eigenvalue weighted by molar-refractivity contribution is 7.80. The first-order valence-electron chi connectivity index (χ1n) is 6.42. The van der Waals surface area contributed by atoms with Crippen LogP contribution in [0.5, 0.6) is 0 Å². The molecule has 0 saturated carbocycles. The molecule has 0 fully saturated rings. The van der Waals surface area contributed by atoms with E-state index in [1.54, 1.807) is 18.2 Å². The quantitative estimate of drug-likeness (QED) is 0.689. The van der Waals surface area contributed by atoms with Gasteiger partial charge in [-0.1, -0.05) is 35.3 Å². The van der Waals surface area contributed by atoms with Crippen LogP contribution in [0.1, 0.15) is 11.1 Å². The minimum absolute atomic E-state index is 0.190. The second kappa shape index (κ2) is 7.38. The zero-order valence-electron chi connectivity index (χ0n) is 11.5. The maximum Gasteiger partial charge on any atom is 0.416 e. The summed E-state index contributed by atoms with van der Waals surface area (Å²) in [6.07, 6.45) is -4.40. The largest absolute Gasteiger partial charge is 0.416 e. The molecule has 0 aliphatic heterocycles. The average Bonchev–Trinajstić information content (AvgIpc) is 2.45. The smallest absolute Gasteiger partial charge is 0.358 e. The van der Waals surface area contributed by atoms with Crippen molar-refractivity contribution in [2.24, 2.45) is 0 Å². The van der Waals surface area contributed by atoms with E-state index in [9.17, 15) is 13.2 Å². The van der Waals surface area contributed by atoms with E-state index in [1.807, 2.05) is 0 Å². The normalized spacial score (nSPS) is 11.2. The summed E-state index contributed by atoms with van der Waals surface area (Å²) in [6.45, 7) is 0.320. The van der Waals surface area contributed by atoms with E-state index in [0.29, 0.717) is 16.6 Å². The summed E-state index contributed by atoms with van der Waals surface area (Å²) < 4.78 is 38.0. The van der Waals surface area contributed by atoms with Gasteiger partial charge < -0.3 is 10.6 Å². The Hall–Kier alpha value is -1.50. The number of rotatable bonds is 3. The SMILES string of the molecule is FC(F)(F)c1cccc(NC(=S)NCc2ccc(Cl)cc2Cl)c1. The number of anilines is 1. The third-order valence-electron chi connectivity index (χ3n) is 2.90. The lowest BCUT2D eigenvalue weighted by atomic mass is 10.2. The van der Waals surface area contributed by atoms with Crippen LogP contribution >= 0.6 is 35.4 Å². The fraction of sp³-hybridized carbons (Fsp3) is 0.133. The number of benzene rings is 2. The maximum absolute atomic E-state index is 12.7. The van der Waals surface area contributed by atoms with Gasteiger partial charge in [0.2, 0.25) is 0 Å². The predicted octanol–water partition coefficient (Wildman–Crippen LogP) is 5.50. The average molecular weight is 379 g/mol. The molecular formula is C15H11Cl2F3N2S. The van der Waals surface area contributed by atoms with Gasteiger partial charge in [0.05, 0.1) is 5.56 Å². The first kappa shape index (κ1) is 17.8. The Bertz CT molecular complexity index is 720. The number of thiocarbonyl (C=S) groups is 1. The van der Waals surface area contributed by atoms with E-state index in [1.165, 1.54) is 12.1 Å². The lowest BCUT2D eigenvalue weighted by Crippen LogP contribution is -2.28. The third-order valence-corrected chi connectivity index (χ3v) is 3.74. The zero-order chi connectivity index (χ0) is 17.0. The molecule has 0 aliphatic carbocycles. The van der Waals surface area contributed by atoms with Crippen molar-refractivity contribution < 1.29 is 13.2 Å². The summed E-state index contributed by atoms with van der Waals surface area (Å²) in [5.74, 6) is 0. The Morgan fingerprint density at radius 3 is 2.48 bits per heavy atom. The van der Waals surface area contributed by atoms with E-state index in [0.717, 1.165) is 17.7 Å². The van der Waals surface area contributed by atoms with Crippen LogP contribution in [0.15, 0.2) is 42.5 Å². The van der Waals surface area contributed by atoms with Crippen molar-refractivity contribution in [3.63, 3.8) is 0 Å². The summed E-state index contributed by atoms with van der Waals surface area (Å²) in [5.41, 5.74) is 0.273. The Labute approximate surface area is 146 Å². The summed E-state index contributed by atoms with van der Waals surface area (Å²) >= 11 is 16.9. The van der Waals surface area contributed by atoms with Gasteiger partial charge in [0, 0.05) is 22.3 Å². The molecule has 23 heavy (non-hydrogen) atoms. The summed E-state index contributed by atoms with van der Waals surface area (Å²) in [5, 5.41) is 6.77. The molecule has 0 bridgehead atoms. The van der Waals surface area contributed by atoms with Crippen molar-refractivity contribution in [2.45, 2.75) is 12.7 Å².